The second-order valence-corrected chi connectivity index (χ2v) is 7.47. The van der Waals surface area contributed by atoms with Crippen LogP contribution in [-0.4, -0.2) is 0 Å². The maximum Gasteiger partial charge on any atom is 0.0155 e. The zero-order valence-electron chi connectivity index (χ0n) is 12.8. The monoisotopic (exact) mass is 252 g/mol. The first-order valence-corrected chi connectivity index (χ1v) is 7.37. The Bertz CT molecular complexity index is 589. The largest absolute Gasteiger partial charge is 0.0839 e. The van der Waals surface area contributed by atoms with Crippen LogP contribution in [0.15, 0.2) is 35.9 Å². The predicted octanol–water partition coefficient (Wildman–Crippen LogP) is 5.38. The molecular weight excluding hydrogens is 228 g/mol. The summed E-state index contributed by atoms with van der Waals surface area (Å²) in [5, 5.41) is 0. The van der Waals surface area contributed by atoms with E-state index in [-0.39, 0.29) is 10.8 Å². The van der Waals surface area contributed by atoms with Crippen molar-refractivity contribution in [2.75, 3.05) is 0 Å². The third-order valence-corrected chi connectivity index (χ3v) is 4.73. The number of hydrogen-bond donors (Lipinski definition) is 0. The second-order valence-electron chi connectivity index (χ2n) is 7.47. The Balaban J connectivity index is 2.19. The van der Waals surface area contributed by atoms with E-state index in [2.05, 4.69) is 65.0 Å². The lowest BCUT2D eigenvalue weighted by Gasteiger charge is -2.26. The van der Waals surface area contributed by atoms with Crippen molar-refractivity contribution in [1.82, 2.24) is 0 Å². The van der Waals surface area contributed by atoms with E-state index in [1.807, 2.05) is 0 Å². The molecule has 0 saturated carbocycles. The Kier molecular flexibility index (Phi) is 2.58. The first-order chi connectivity index (χ1) is 8.82. The summed E-state index contributed by atoms with van der Waals surface area (Å²) in [6.07, 6.45) is 7.08. The van der Waals surface area contributed by atoms with Crippen LogP contribution in [0.5, 0.6) is 0 Å². The minimum absolute atomic E-state index is 0.169. The lowest BCUT2D eigenvalue weighted by Crippen LogP contribution is -2.18. The third-order valence-electron chi connectivity index (χ3n) is 4.73. The summed E-state index contributed by atoms with van der Waals surface area (Å²) in [7, 11) is 0. The van der Waals surface area contributed by atoms with Gasteiger partial charge in [-0.2, -0.15) is 0 Å². The molecule has 1 aromatic carbocycles. The highest BCUT2D eigenvalue weighted by atomic mass is 14.4. The van der Waals surface area contributed by atoms with E-state index in [0.29, 0.717) is 0 Å². The van der Waals surface area contributed by atoms with Crippen LogP contribution in [0.1, 0.15) is 64.2 Å². The van der Waals surface area contributed by atoms with Crippen LogP contribution in [0.25, 0.3) is 5.57 Å². The Hall–Kier alpha value is -1.30. The lowest BCUT2D eigenvalue weighted by atomic mass is 9.77. The zero-order valence-corrected chi connectivity index (χ0v) is 12.8. The molecular formula is C19H24. The topological polar surface area (TPSA) is 0 Å². The van der Waals surface area contributed by atoms with Gasteiger partial charge in [0.2, 0.25) is 0 Å². The highest BCUT2D eigenvalue weighted by Crippen LogP contribution is 2.50. The molecule has 3 rings (SSSR count). The third kappa shape index (κ3) is 1.81. The van der Waals surface area contributed by atoms with Gasteiger partial charge in [-0.1, -0.05) is 65.0 Å². The van der Waals surface area contributed by atoms with E-state index in [4.69, 9.17) is 0 Å². The van der Waals surface area contributed by atoms with Crippen LogP contribution in [-0.2, 0) is 10.8 Å². The first kappa shape index (κ1) is 12.7. The summed E-state index contributed by atoms with van der Waals surface area (Å²) in [6.45, 7) is 11.6. The molecule has 0 N–H and O–H groups in total. The van der Waals surface area contributed by atoms with Gasteiger partial charge in [0, 0.05) is 5.41 Å². The van der Waals surface area contributed by atoms with E-state index in [1.54, 1.807) is 11.1 Å². The number of rotatable bonds is 0. The minimum Gasteiger partial charge on any atom is -0.0839 e. The van der Waals surface area contributed by atoms with Gasteiger partial charge < -0.3 is 0 Å². The number of allylic oxidation sites excluding steroid dienone is 4. The number of benzene rings is 1. The van der Waals surface area contributed by atoms with E-state index >= 15 is 0 Å². The van der Waals surface area contributed by atoms with Gasteiger partial charge in [0.05, 0.1) is 0 Å². The summed E-state index contributed by atoms with van der Waals surface area (Å²) in [5.74, 6) is 0. The van der Waals surface area contributed by atoms with Gasteiger partial charge in [0.15, 0.2) is 0 Å². The van der Waals surface area contributed by atoms with Crippen LogP contribution in [0, 0.1) is 0 Å². The SMILES string of the molecule is CC(C)(C)c1ccc2c(c1)C(C)(C)C1=C2CCC=C1. The highest BCUT2D eigenvalue weighted by Gasteiger charge is 2.37. The van der Waals surface area contributed by atoms with Crippen molar-refractivity contribution >= 4 is 5.57 Å². The van der Waals surface area contributed by atoms with Crippen LogP contribution in [0.2, 0.25) is 0 Å². The van der Waals surface area contributed by atoms with E-state index in [0.717, 1.165) is 0 Å². The molecule has 0 saturated heterocycles. The quantitative estimate of drug-likeness (QED) is 0.581. The Morgan fingerprint density at radius 2 is 1.84 bits per heavy atom. The summed E-state index contributed by atoms with van der Waals surface area (Å²) in [5.41, 5.74) is 7.99. The molecule has 0 heterocycles. The maximum absolute atomic E-state index is 2.45. The Morgan fingerprint density at radius 3 is 2.53 bits per heavy atom. The summed E-state index contributed by atoms with van der Waals surface area (Å²) >= 11 is 0. The van der Waals surface area contributed by atoms with Crippen LogP contribution < -0.4 is 0 Å². The molecule has 0 aromatic heterocycles. The molecule has 0 aliphatic heterocycles. The molecule has 1 aromatic rings. The van der Waals surface area contributed by atoms with E-state index < -0.39 is 0 Å². The van der Waals surface area contributed by atoms with Gasteiger partial charge in [0.1, 0.15) is 0 Å². The molecule has 0 bridgehead atoms. The fraction of sp³-hybridized carbons (Fsp3) is 0.474. The lowest BCUT2D eigenvalue weighted by molar-refractivity contribution is 0.583. The van der Waals surface area contributed by atoms with E-state index in [1.165, 1.54) is 29.5 Å². The van der Waals surface area contributed by atoms with Crippen molar-refractivity contribution in [3.8, 4) is 0 Å². The first-order valence-electron chi connectivity index (χ1n) is 7.37. The van der Waals surface area contributed by atoms with Gasteiger partial charge in [-0.15, -0.1) is 0 Å². The predicted molar refractivity (Wildman–Crippen MR) is 83.5 cm³/mol. The number of hydrogen-bond acceptors (Lipinski definition) is 0. The maximum atomic E-state index is 2.45. The van der Waals surface area contributed by atoms with Gasteiger partial charge >= 0.3 is 0 Å². The zero-order chi connectivity index (χ0) is 13.8. The molecule has 19 heavy (non-hydrogen) atoms. The van der Waals surface area contributed by atoms with Crippen molar-refractivity contribution in [2.45, 2.75) is 58.3 Å². The molecule has 2 aliphatic carbocycles. The smallest absolute Gasteiger partial charge is 0.0155 e. The van der Waals surface area contributed by atoms with Crippen molar-refractivity contribution in [3.05, 3.63) is 52.6 Å². The molecule has 0 unspecified atom stereocenters. The summed E-state index contributed by atoms with van der Waals surface area (Å²) in [4.78, 5) is 0. The average Bonchev–Trinajstić information content (AvgIpc) is 2.58. The van der Waals surface area contributed by atoms with Crippen molar-refractivity contribution in [1.29, 1.82) is 0 Å². The fourth-order valence-corrected chi connectivity index (χ4v) is 3.47. The second kappa shape index (κ2) is 3.85. The van der Waals surface area contributed by atoms with Crippen molar-refractivity contribution in [2.24, 2.45) is 0 Å². The molecule has 0 fully saturated rings. The van der Waals surface area contributed by atoms with Crippen LogP contribution in [0.3, 0.4) is 0 Å². The fourth-order valence-electron chi connectivity index (χ4n) is 3.47. The normalized spacial score (nSPS) is 20.5. The molecule has 0 heteroatoms. The minimum atomic E-state index is 0.169. The van der Waals surface area contributed by atoms with Crippen LogP contribution in [0.4, 0.5) is 0 Å². The molecule has 0 nitrogen and oxygen atoms in total. The molecule has 100 valence electrons. The standard InChI is InChI=1S/C19H24/c1-18(2,3)13-10-11-15-14-8-6-7-9-16(14)19(4,5)17(15)12-13/h7,9-12H,6,8H2,1-5H3. The van der Waals surface area contributed by atoms with Gasteiger partial charge in [0.25, 0.3) is 0 Å². The van der Waals surface area contributed by atoms with Crippen LogP contribution >= 0.6 is 0 Å². The van der Waals surface area contributed by atoms with E-state index in [9.17, 15) is 0 Å². The Labute approximate surface area is 117 Å². The highest BCUT2D eigenvalue weighted by molar-refractivity contribution is 5.83. The Morgan fingerprint density at radius 1 is 1.11 bits per heavy atom. The molecule has 0 atom stereocenters. The van der Waals surface area contributed by atoms with Gasteiger partial charge in [-0.3, -0.25) is 0 Å². The molecule has 0 amide bonds. The molecule has 0 radical (unpaired) electrons. The van der Waals surface area contributed by atoms with Crippen molar-refractivity contribution < 1.29 is 0 Å². The van der Waals surface area contributed by atoms with Gasteiger partial charge in [-0.25, -0.2) is 0 Å². The molecule has 2 aliphatic rings. The number of fused-ring (bicyclic) bond motifs is 2. The summed E-state index contributed by atoms with van der Waals surface area (Å²) in [6, 6.07) is 7.13. The van der Waals surface area contributed by atoms with Gasteiger partial charge in [-0.05, 0) is 46.1 Å². The average molecular weight is 252 g/mol. The summed E-state index contributed by atoms with van der Waals surface area (Å²) < 4.78 is 0. The van der Waals surface area contributed by atoms with Crippen molar-refractivity contribution in [3.63, 3.8) is 0 Å². The molecule has 0 spiro atoms.